The largest absolute Gasteiger partial charge is 0.481 e. The third-order valence-corrected chi connectivity index (χ3v) is 4.69. The Morgan fingerprint density at radius 2 is 2.04 bits per heavy atom. The Kier molecular flexibility index (Phi) is 4.17. The van der Waals surface area contributed by atoms with Gasteiger partial charge in [0.25, 0.3) is 0 Å². The summed E-state index contributed by atoms with van der Waals surface area (Å²) in [6.45, 7) is 0.476. The summed E-state index contributed by atoms with van der Waals surface area (Å²) in [6, 6.07) is 2.03. The highest BCUT2D eigenvalue weighted by Gasteiger charge is 2.48. The number of carbonyl (C=O) groups is 1. The predicted octanol–water partition coefficient (Wildman–Crippen LogP) is 3.48. The second kappa shape index (κ2) is 5.89. The van der Waals surface area contributed by atoms with Crippen molar-refractivity contribution in [1.29, 1.82) is 0 Å². The fraction of sp³-hybridized carbons (Fsp3) is 0.375. The van der Waals surface area contributed by atoms with Gasteiger partial charge in [-0.05, 0) is 18.6 Å². The minimum atomic E-state index is -4.58. The molecule has 8 heteroatoms. The summed E-state index contributed by atoms with van der Waals surface area (Å²) in [5, 5.41) is 9.19. The molecule has 0 amide bonds. The maximum Gasteiger partial charge on any atom is 0.433 e. The van der Waals surface area contributed by atoms with Gasteiger partial charge in [-0.2, -0.15) is 13.2 Å². The molecule has 128 valence electrons. The third kappa shape index (κ3) is 2.82. The van der Waals surface area contributed by atoms with E-state index in [4.69, 9.17) is 16.7 Å². The van der Waals surface area contributed by atoms with E-state index in [1.54, 1.807) is 23.1 Å². The number of likely N-dealkylation sites (tertiary alicyclic amines) is 1. The van der Waals surface area contributed by atoms with Crippen molar-refractivity contribution in [3.63, 3.8) is 0 Å². The molecular weight excluding hydrogens is 345 g/mol. The fourth-order valence-electron chi connectivity index (χ4n) is 3.03. The maximum absolute atomic E-state index is 13.0. The topological polar surface area (TPSA) is 53.4 Å². The molecule has 0 spiro atoms. The number of carboxylic acid groups (broad SMARTS) is 1. The van der Waals surface area contributed by atoms with E-state index in [1.165, 1.54) is 6.07 Å². The molecule has 1 aliphatic carbocycles. The number of carboxylic acids is 1. The zero-order valence-corrected chi connectivity index (χ0v) is 13.2. The standard InChI is InChI=1S/C16H14ClF3N2O2/c17-11-4-5-12(16(18,19)20)21-13(11)15(6-2-1-3-7-15)22-8-10(9-22)14(23)24/h1-6,10H,7-9H2,(H,23,24). The van der Waals surface area contributed by atoms with Crippen molar-refractivity contribution in [3.05, 3.63) is 52.8 Å². The Morgan fingerprint density at radius 1 is 1.33 bits per heavy atom. The average Bonchev–Trinajstić information content (AvgIpc) is 2.45. The Hall–Kier alpha value is -1.86. The fourth-order valence-corrected chi connectivity index (χ4v) is 3.30. The lowest BCUT2D eigenvalue weighted by Crippen LogP contribution is -2.59. The molecule has 2 aliphatic rings. The van der Waals surface area contributed by atoms with Crippen molar-refractivity contribution in [2.24, 2.45) is 5.92 Å². The summed E-state index contributed by atoms with van der Waals surface area (Å²) in [6.07, 6.45) is 2.85. The van der Waals surface area contributed by atoms with Gasteiger partial charge in [0.1, 0.15) is 5.69 Å². The maximum atomic E-state index is 13.0. The van der Waals surface area contributed by atoms with Gasteiger partial charge in [0.2, 0.25) is 0 Å². The lowest BCUT2D eigenvalue weighted by atomic mass is 9.80. The van der Waals surface area contributed by atoms with Gasteiger partial charge in [0.15, 0.2) is 0 Å². The number of nitrogens with zero attached hydrogens (tertiary/aromatic N) is 2. The second-order valence-electron chi connectivity index (χ2n) is 5.88. The lowest BCUT2D eigenvalue weighted by molar-refractivity contribution is -0.150. The molecule has 3 rings (SSSR count). The van der Waals surface area contributed by atoms with Gasteiger partial charge < -0.3 is 5.11 Å². The van der Waals surface area contributed by atoms with Crippen LogP contribution in [0.1, 0.15) is 17.8 Å². The van der Waals surface area contributed by atoms with E-state index in [0.717, 1.165) is 6.07 Å². The number of hydrogen-bond donors (Lipinski definition) is 1. The van der Waals surface area contributed by atoms with Crippen LogP contribution in [0.3, 0.4) is 0 Å². The lowest BCUT2D eigenvalue weighted by Gasteiger charge is -2.50. The molecule has 0 bridgehead atoms. The van der Waals surface area contributed by atoms with E-state index in [0.29, 0.717) is 6.42 Å². The number of alkyl halides is 3. The number of aliphatic carboxylic acids is 1. The van der Waals surface area contributed by atoms with E-state index in [9.17, 15) is 18.0 Å². The monoisotopic (exact) mass is 358 g/mol. The van der Waals surface area contributed by atoms with Crippen LogP contribution in [0.2, 0.25) is 5.02 Å². The molecule has 2 heterocycles. The van der Waals surface area contributed by atoms with Crippen molar-refractivity contribution in [2.75, 3.05) is 13.1 Å². The Balaban J connectivity index is 2.03. The van der Waals surface area contributed by atoms with E-state index in [-0.39, 0.29) is 23.8 Å². The minimum absolute atomic E-state index is 0.100. The molecule has 1 aromatic heterocycles. The second-order valence-corrected chi connectivity index (χ2v) is 6.29. The van der Waals surface area contributed by atoms with Crippen LogP contribution in [0.4, 0.5) is 13.2 Å². The van der Waals surface area contributed by atoms with Gasteiger partial charge in [0, 0.05) is 13.1 Å². The van der Waals surface area contributed by atoms with Crippen LogP contribution in [-0.2, 0) is 16.5 Å². The van der Waals surface area contributed by atoms with Gasteiger partial charge in [-0.3, -0.25) is 9.69 Å². The van der Waals surface area contributed by atoms with Gasteiger partial charge >= 0.3 is 12.1 Å². The first-order valence-corrected chi connectivity index (χ1v) is 7.68. The zero-order chi connectivity index (χ0) is 17.5. The van der Waals surface area contributed by atoms with Gasteiger partial charge in [-0.1, -0.05) is 35.9 Å². The summed E-state index contributed by atoms with van der Waals surface area (Å²) in [5.74, 6) is -1.45. The minimum Gasteiger partial charge on any atom is -0.481 e. The van der Waals surface area contributed by atoms with Gasteiger partial charge in [-0.25, -0.2) is 4.98 Å². The van der Waals surface area contributed by atoms with Crippen molar-refractivity contribution < 1.29 is 23.1 Å². The number of halogens is 4. The summed E-state index contributed by atoms with van der Waals surface area (Å²) >= 11 is 6.16. The van der Waals surface area contributed by atoms with Crippen molar-refractivity contribution in [2.45, 2.75) is 18.1 Å². The average molecular weight is 359 g/mol. The molecule has 4 nitrogen and oxygen atoms in total. The van der Waals surface area contributed by atoms with E-state index >= 15 is 0 Å². The molecular formula is C16H14ClF3N2O2. The highest BCUT2D eigenvalue weighted by Crippen LogP contribution is 2.43. The third-order valence-electron chi connectivity index (χ3n) is 4.39. The highest BCUT2D eigenvalue weighted by molar-refractivity contribution is 6.31. The molecule has 1 N–H and O–H groups in total. The number of hydrogen-bond acceptors (Lipinski definition) is 3. The first kappa shape index (κ1) is 17.0. The molecule has 0 saturated carbocycles. The number of aromatic nitrogens is 1. The van der Waals surface area contributed by atoms with E-state index < -0.39 is 29.3 Å². The van der Waals surface area contributed by atoms with E-state index in [1.807, 2.05) is 6.08 Å². The number of pyridine rings is 1. The number of allylic oxidation sites excluding steroid dienone is 2. The molecule has 1 aromatic rings. The molecule has 0 aromatic carbocycles. The Bertz CT molecular complexity index is 727. The summed E-state index contributed by atoms with van der Waals surface area (Å²) < 4.78 is 39.1. The summed E-state index contributed by atoms with van der Waals surface area (Å²) in [7, 11) is 0. The van der Waals surface area contributed by atoms with Crippen molar-refractivity contribution in [1.82, 2.24) is 9.88 Å². The van der Waals surface area contributed by atoms with Crippen LogP contribution < -0.4 is 0 Å². The summed E-state index contributed by atoms with van der Waals surface area (Å²) in [5.41, 5.74) is -1.87. The van der Waals surface area contributed by atoms with Crippen LogP contribution in [0.5, 0.6) is 0 Å². The van der Waals surface area contributed by atoms with Crippen LogP contribution >= 0.6 is 11.6 Å². The van der Waals surface area contributed by atoms with Crippen molar-refractivity contribution >= 4 is 17.6 Å². The van der Waals surface area contributed by atoms with Crippen LogP contribution in [-0.4, -0.2) is 34.0 Å². The molecule has 1 atom stereocenters. The smallest absolute Gasteiger partial charge is 0.433 e. The van der Waals surface area contributed by atoms with Crippen LogP contribution in [0.15, 0.2) is 36.4 Å². The molecule has 1 fully saturated rings. The Morgan fingerprint density at radius 3 is 2.58 bits per heavy atom. The van der Waals surface area contributed by atoms with Gasteiger partial charge in [0.05, 0.1) is 22.2 Å². The SMILES string of the molecule is O=C(O)C1CN(C2(c3nc(C(F)(F)F)ccc3Cl)C=CC=CC2)C1. The van der Waals surface area contributed by atoms with Gasteiger partial charge in [-0.15, -0.1) is 0 Å². The molecule has 1 saturated heterocycles. The van der Waals surface area contributed by atoms with E-state index in [2.05, 4.69) is 4.98 Å². The van der Waals surface area contributed by atoms with Crippen LogP contribution in [0.25, 0.3) is 0 Å². The predicted molar refractivity (Wildman–Crippen MR) is 81.5 cm³/mol. The molecule has 0 radical (unpaired) electrons. The normalized spacial score (nSPS) is 24.8. The highest BCUT2D eigenvalue weighted by atomic mass is 35.5. The molecule has 1 aliphatic heterocycles. The quantitative estimate of drug-likeness (QED) is 0.898. The summed E-state index contributed by atoms with van der Waals surface area (Å²) in [4.78, 5) is 16.6. The van der Waals surface area contributed by atoms with Crippen molar-refractivity contribution in [3.8, 4) is 0 Å². The molecule has 24 heavy (non-hydrogen) atoms. The number of rotatable bonds is 3. The molecule has 1 unspecified atom stereocenters. The van der Waals surface area contributed by atoms with Crippen LogP contribution in [0, 0.1) is 5.92 Å². The first-order valence-electron chi connectivity index (χ1n) is 7.30. The Labute approximate surface area is 141 Å². The zero-order valence-electron chi connectivity index (χ0n) is 12.4. The first-order chi connectivity index (χ1) is 11.2.